The molecule has 1 aromatic heterocycles. The molecule has 94 valence electrons. The lowest BCUT2D eigenvalue weighted by atomic mass is 9.94. The first-order valence-corrected chi connectivity index (χ1v) is 6.73. The van der Waals surface area contributed by atoms with Crippen LogP contribution >= 0.6 is 0 Å². The summed E-state index contributed by atoms with van der Waals surface area (Å²) in [6.45, 7) is 13.6. The van der Waals surface area contributed by atoms with Crippen molar-refractivity contribution in [2.45, 2.75) is 46.5 Å². The molecule has 0 N–H and O–H groups in total. The Morgan fingerprint density at radius 3 is 2.29 bits per heavy atom. The van der Waals surface area contributed by atoms with Gasteiger partial charge >= 0.3 is 0 Å². The zero-order valence-corrected chi connectivity index (χ0v) is 11.7. The van der Waals surface area contributed by atoms with Gasteiger partial charge in [-0.1, -0.05) is 34.6 Å². The van der Waals surface area contributed by atoms with Crippen LogP contribution in [0.1, 0.15) is 57.7 Å². The molecule has 2 heteroatoms. The van der Waals surface area contributed by atoms with Crippen molar-refractivity contribution < 1.29 is 0 Å². The van der Waals surface area contributed by atoms with Crippen molar-refractivity contribution in [2.75, 3.05) is 18.0 Å². The van der Waals surface area contributed by atoms with Crippen LogP contribution in [0, 0.1) is 5.92 Å². The maximum Gasteiger partial charge on any atom is 0.0556 e. The first-order chi connectivity index (χ1) is 7.99. The van der Waals surface area contributed by atoms with Crippen molar-refractivity contribution in [2.24, 2.45) is 5.92 Å². The topological polar surface area (TPSA) is 16.1 Å². The third-order valence-electron chi connectivity index (χ3n) is 3.53. The van der Waals surface area contributed by atoms with E-state index in [1.54, 1.807) is 0 Å². The smallest absolute Gasteiger partial charge is 0.0556 e. The van der Waals surface area contributed by atoms with Crippen LogP contribution in [0.2, 0.25) is 0 Å². The van der Waals surface area contributed by atoms with Crippen LogP contribution in [0.4, 0.5) is 5.69 Å². The van der Waals surface area contributed by atoms with Crippen molar-refractivity contribution in [1.29, 1.82) is 0 Å². The zero-order chi connectivity index (χ0) is 12.6. The van der Waals surface area contributed by atoms with E-state index in [0.717, 1.165) is 5.92 Å². The number of aromatic nitrogens is 1. The third-order valence-corrected chi connectivity index (χ3v) is 3.53. The summed E-state index contributed by atoms with van der Waals surface area (Å²) in [5.74, 6) is 1.90. The molecule has 1 aromatic rings. The van der Waals surface area contributed by atoms with Crippen LogP contribution in [0.15, 0.2) is 12.3 Å². The van der Waals surface area contributed by atoms with Crippen molar-refractivity contribution in [3.63, 3.8) is 0 Å². The Labute approximate surface area is 105 Å². The van der Waals surface area contributed by atoms with Crippen molar-refractivity contribution in [3.05, 3.63) is 23.5 Å². The highest BCUT2D eigenvalue weighted by atomic mass is 15.2. The summed E-state index contributed by atoms with van der Waals surface area (Å²) in [4.78, 5) is 7.11. The average molecular weight is 232 g/mol. The van der Waals surface area contributed by atoms with E-state index in [4.69, 9.17) is 0 Å². The molecule has 0 unspecified atom stereocenters. The van der Waals surface area contributed by atoms with Crippen LogP contribution in [0.5, 0.6) is 0 Å². The summed E-state index contributed by atoms with van der Waals surface area (Å²) in [5, 5.41) is 0. The Morgan fingerprint density at radius 2 is 1.82 bits per heavy atom. The van der Waals surface area contributed by atoms with Crippen molar-refractivity contribution >= 4 is 5.69 Å². The molecule has 1 aliphatic rings. The highest BCUT2D eigenvalue weighted by Crippen LogP contribution is 2.30. The third kappa shape index (κ3) is 2.46. The van der Waals surface area contributed by atoms with Crippen molar-refractivity contribution in [3.8, 4) is 0 Å². The fraction of sp³-hybridized carbons (Fsp3) is 0.667. The van der Waals surface area contributed by atoms with E-state index in [-0.39, 0.29) is 0 Å². The van der Waals surface area contributed by atoms with Gasteiger partial charge < -0.3 is 4.90 Å². The Bertz CT molecular complexity index is 390. The standard InChI is InChI=1S/C15H24N2/c1-10(2)14-6-13(17-8-12(5)9-17)7-16-15(14)11(3)4/h6-7,10-12H,8-9H2,1-5H3. The van der Waals surface area contributed by atoms with Gasteiger partial charge in [0, 0.05) is 18.8 Å². The minimum Gasteiger partial charge on any atom is -0.370 e. The molecule has 1 saturated heterocycles. The van der Waals surface area contributed by atoms with Gasteiger partial charge in [0.15, 0.2) is 0 Å². The molecule has 0 saturated carbocycles. The lowest BCUT2D eigenvalue weighted by molar-refractivity contribution is 0.446. The van der Waals surface area contributed by atoms with Gasteiger partial charge in [0.25, 0.3) is 0 Å². The summed E-state index contributed by atoms with van der Waals surface area (Å²) in [5.41, 5.74) is 3.98. The predicted octanol–water partition coefficient (Wildman–Crippen LogP) is 3.78. The maximum atomic E-state index is 4.69. The molecule has 1 fully saturated rings. The van der Waals surface area contributed by atoms with E-state index in [9.17, 15) is 0 Å². The van der Waals surface area contributed by atoms with Crippen LogP contribution in [0.3, 0.4) is 0 Å². The summed E-state index contributed by atoms with van der Waals surface area (Å²) in [6.07, 6.45) is 2.05. The highest BCUT2D eigenvalue weighted by molar-refractivity contribution is 5.51. The summed E-state index contributed by atoms with van der Waals surface area (Å²) >= 11 is 0. The maximum absolute atomic E-state index is 4.69. The fourth-order valence-corrected chi connectivity index (χ4v) is 2.51. The number of anilines is 1. The molecule has 2 nitrogen and oxygen atoms in total. The lowest BCUT2D eigenvalue weighted by Crippen LogP contribution is -2.45. The second-order valence-corrected chi connectivity index (χ2v) is 5.99. The van der Waals surface area contributed by atoms with E-state index < -0.39 is 0 Å². The molecule has 0 bridgehead atoms. The Morgan fingerprint density at radius 1 is 1.18 bits per heavy atom. The summed E-state index contributed by atoms with van der Waals surface area (Å²) in [6, 6.07) is 2.35. The molecule has 17 heavy (non-hydrogen) atoms. The first-order valence-electron chi connectivity index (χ1n) is 6.73. The predicted molar refractivity (Wildman–Crippen MR) is 73.8 cm³/mol. The van der Waals surface area contributed by atoms with E-state index in [2.05, 4.69) is 50.6 Å². The molecule has 2 heterocycles. The minimum atomic E-state index is 0.511. The van der Waals surface area contributed by atoms with Gasteiger partial charge in [-0.25, -0.2) is 0 Å². The number of hydrogen-bond donors (Lipinski definition) is 0. The first kappa shape index (κ1) is 12.4. The molecule has 1 aliphatic heterocycles. The fourth-order valence-electron chi connectivity index (χ4n) is 2.51. The van der Waals surface area contributed by atoms with Gasteiger partial charge in [-0.3, -0.25) is 4.98 Å². The van der Waals surface area contributed by atoms with E-state index in [1.807, 2.05) is 6.20 Å². The largest absolute Gasteiger partial charge is 0.370 e. The number of nitrogens with zero attached hydrogens (tertiary/aromatic N) is 2. The molecular formula is C15H24N2. The number of hydrogen-bond acceptors (Lipinski definition) is 2. The monoisotopic (exact) mass is 232 g/mol. The summed E-state index contributed by atoms with van der Waals surface area (Å²) < 4.78 is 0. The molecule has 0 atom stereocenters. The van der Waals surface area contributed by atoms with Gasteiger partial charge in [0.2, 0.25) is 0 Å². The molecule has 0 aromatic carbocycles. The van der Waals surface area contributed by atoms with Crippen LogP contribution < -0.4 is 4.90 Å². The van der Waals surface area contributed by atoms with Crippen molar-refractivity contribution in [1.82, 2.24) is 4.98 Å². The second kappa shape index (κ2) is 4.67. The molecule has 0 aliphatic carbocycles. The van der Waals surface area contributed by atoms with Gasteiger partial charge in [-0.15, -0.1) is 0 Å². The zero-order valence-electron chi connectivity index (χ0n) is 11.7. The Hall–Kier alpha value is -1.05. The van der Waals surface area contributed by atoms with Crippen LogP contribution in [-0.2, 0) is 0 Å². The molecule has 2 rings (SSSR count). The number of rotatable bonds is 3. The highest BCUT2D eigenvalue weighted by Gasteiger charge is 2.24. The van der Waals surface area contributed by atoms with Gasteiger partial charge in [-0.05, 0) is 29.4 Å². The minimum absolute atomic E-state index is 0.511. The van der Waals surface area contributed by atoms with E-state index in [1.165, 1.54) is 30.0 Å². The van der Waals surface area contributed by atoms with Gasteiger partial charge in [0.1, 0.15) is 0 Å². The summed E-state index contributed by atoms with van der Waals surface area (Å²) in [7, 11) is 0. The lowest BCUT2D eigenvalue weighted by Gasteiger charge is -2.39. The molecule has 0 spiro atoms. The second-order valence-electron chi connectivity index (χ2n) is 5.99. The SMILES string of the molecule is CC1CN(c2cnc(C(C)C)c(C(C)C)c2)C1. The van der Waals surface area contributed by atoms with Gasteiger partial charge in [0.05, 0.1) is 11.9 Å². The molecule has 0 amide bonds. The van der Waals surface area contributed by atoms with E-state index >= 15 is 0 Å². The Balaban J connectivity index is 2.29. The van der Waals surface area contributed by atoms with Gasteiger partial charge in [-0.2, -0.15) is 0 Å². The van der Waals surface area contributed by atoms with Crippen LogP contribution in [0.25, 0.3) is 0 Å². The molecule has 0 radical (unpaired) electrons. The molecular weight excluding hydrogens is 208 g/mol. The Kier molecular flexibility index (Phi) is 3.41. The normalized spacial score (nSPS) is 16.8. The van der Waals surface area contributed by atoms with E-state index in [0.29, 0.717) is 11.8 Å². The number of pyridine rings is 1. The van der Waals surface area contributed by atoms with Crippen LogP contribution in [-0.4, -0.2) is 18.1 Å². The quantitative estimate of drug-likeness (QED) is 0.788. The average Bonchev–Trinajstić information content (AvgIpc) is 2.23.